The Kier molecular flexibility index (Phi) is 6.60. The zero-order valence-electron chi connectivity index (χ0n) is 16.8. The van der Waals surface area contributed by atoms with Gasteiger partial charge in [0.15, 0.2) is 0 Å². The molecule has 158 valence electrons. The molecule has 3 rings (SSSR count). The van der Waals surface area contributed by atoms with E-state index in [0.717, 1.165) is 12.8 Å². The lowest BCUT2D eigenvalue weighted by Crippen LogP contribution is -2.55. The van der Waals surface area contributed by atoms with Crippen LogP contribution in [0.5, 0.6) is 0 Å². The number of hydrogen-bond acceptors (Lipinski definition) is 6. The first-order valence-electron chi connectivity index (χ1n) is 10.5. The Morgan fingerprint density at radius 3 is 2.79 bits per heavy atom. The fourth-order valence-electron chi connectivity index (χ4n) is 5.08. The number of rotatable bonds is 10. The van der Waals surface area contributed by atoms with Gasteiger partial charge in [-0.3, -0.25) is 14.4 Å². The van der Waals surface area contributed by atoms with Gasteiger partial charge in [0.1, 0.15) is 11.6 Å². The van der Waals surface area contributed by atoms with Gasteiger partial charge in [-0.25, -0.2) is 0 Å². The summed E-state index contributed by atoms with van der Waals surface area (Å²) in [6.07, 6.45) is 3.85. The van der Waals surface area contributed by atoms with Crippen LogP contribution in [0.3, 0.4) is 0 Å². The fourth-order valence-corrected chi connectivity index (χ4v) is 5.08. The minimum absolute atomic E-state index is 0.0357. The van der Waals surface area contributed by atoms with Gasteiger partial charge in [-0.15, -0.1) is 0 Å². The Balaban J connectivity index is 1.88. The third-order valence-electron chi connectivity index (χ3n) is 6.24. The van der Waals surface area contributed by atoms with Crippen LogP contribution in [0.4, 0.5) is 0 Å². The molecule has 3 heterocycles. The van der Waals surface area contributed by atoms with Crippen molar-refractivity contribution in [2.75, 3.05) is 26.3 Å². The molecule has 2 N–H and O–H groups in total. The minimum atomic E-state index is -0.950. The molecule has 0 saturated carbocycles. The SMILES string of the molecule is CCCCNC(=O)[C@H]1N(CCCCO)C(=O)[C@@H]2[C@@H](C(=O)OCC)[C@H]3CC[C@]21O3. The highest BCUT2D eigenvalue weighted by Gasteiger charge is 2.74. The van der Waals surface area contributed by atoms with Gasteiger partial charge in [0.2, 0.25) is 11.8 Å². The molecule has 8 heteroatoms. The van der Waals surface area contributed by atoms with Gasteiger partial charge < -0.3 is 24.8 Å². The lowest BCUT2D eigenvalue weighted by Gasteiger charge is -2.33. The number of fused-ring (bicyclic) bond motifs is 1. The Morgan fingerprint density at radius 2 is 2.11 bits per heavy atom. The van der Waals surface area contributed by atoms with E-state index in [-0.39, 0.29) is 31.1 Å². The van der Waals surface area contributed by atoms with Crippen molar-refractivity contribution in [3.63, 3.8) is 0 Å². The molecule has 0 aromatic rings. The highest BCUT2D eigenvalue weighted by molar-refractivity contribution is 5.98. The van der Waals surface area contributed by atoms with E-state index >= 15 is 0 Å². The summed E-state index contributed by atoms with van der Waals surface area (Å²) in [5.74, 6) is -2.13. The third kappa shape index (κ3) is 3.41. The highest BCUT2D eigenvalue weighted by atomic mass is 16.6. The maximum Gasteiger partial charge on any atom is 0.312 e. The minimum Gasteiger partial charge on any atom is -0.466 e. The van der Waals surface area contributed by atoms with Crippen molar-refractivity contribution >= 4 is 17.8 Å². The van der Waals surface area contributed by atoms with E-state index in [0.29, 0.717) is 38.8 Å². The molecule has 0 aliphatic carbocycles. The molecule has 5 atom stereocenters. The molecule has 2 bridgehead atoms. The number of esters is 1. The Morgan fingerprint density at radius 1 is 1.32 bits per heavy atom. The van der Waals surface area contributed by atoms with Crippen molar-refractivity contribution < 1.29 is 29.0 Å². The second kappa shape index (κ2) is 8.78. The Bertz CT molecular complexity index is 612. The predicted molar refractivity (Wildman–Crippen MR) is 100 cm³/mol. The molecule has 1 spiro atoms. The number of nitrogens with one attached hydrogen (secondary N) is 1. The first kappa shape index (κ1) is 21.0. The summed E-state index contributed by atoms with van der Waals surface area (Å²) in [6.45, 7) is 4.99. The van der Waals surface area contributed by atoms with Crippen LogP contribution in [0, 0.1) is 11.8 Å². The normalized spacial score (nSPS) is 33.2. The molecule has 0 aromatic heterocycles. The van der Waals surface area contributed by atoms with E-state index in [4.69, 9.17) is 14.6 Å². The van der Waals surface area contributed by atoms with Crippen LogP contribution in [0.1, 0.15) is 52.4 Å². The van der Waals surface area contributed by atoms with E-state index in [1.54, 1.807) is 11.8 Å². The molecule has 3 aliphatic rings. The van der Waals surface area contributed by atoms with Crippen LogP contribution in [-0.4, -0.2) is 71.8 Å². The number of likely N-dealkylation sites (tertiary alicyclic amines) is 1. The highest BCUT2D eigenvalue weighted by Crippen LogP contribution is 2.58. The smallest absolute Gasteiger partial charge is 0.312 e. The first-order valence-corrected chi connectivity index (χ1v) is 10.5. The van der Waals surface area contributed by atoms with Crippen LogP contribution >= 0.6 is 0 Å². The Labute approximate surface area is 165 Å². The summed E-state index contributed by atoms with van der Waals surface area (Å²) in [6, 6.07) is -0.732. The number of carbonyl (C=O) groups excluding carboxylic acids is 3. The number of carbonyl (C=O) groups is 3. The topological polar surface area (TPSA) is 105 Å². The average Bonchev–Trinajstić information content (AvgIpc) is 3.30. The Hall–Kier alpha value is -1.67. The average molecular weight is 396 g/mol. The molecule has 8 nitrogen and oxygen atoms in total. The van der Waals surface area contributed by atoms with E-state index in [1.807, 2.05) is 6.92 Å². The lowest BCUT2D eigenvalue weighted by atomic mass is 9.71. The summed E-state index contributed by atoms with van der Waals surface area (Å²) < 4.78 is 11.5. The van der Waals surface area contributed by atoms with Crippen molar-refractivity contribution in [1.29, 1.82) is 0 Å². The van der Waals surface area contributed by atoms with Crippen LogP contribution < -0.4 is 5.32 Å². The number of amides is 2. The summed E-state index contributed by atoms with van der Waals surface area (Å²) in [5, 5.41) is 12.0. The van der Waals surface area contributed by atoms with E-state index in [1.165, 1.54) is 0 Å². The van der Waals surface area contributed by atoms with Crippen LogP contribution in [-0.2, 0) is 23.9 Å². The van der Waals surface area contributed by atoms with Crippen molar-refractivity contribution in [2.24, 2.45) is 11.8 Å². The molecule has 0 radical (unpaired) electrons. The molecule has 3 fully saturated rings. The second-order valence-electron chi connectivity index (χ2n) is 7.91. The molecule has 2 amide bonds. The summed E-state index contributed by atoms with van der Waals surface area (Å²) in [4.78, 5) is 40.6. The van der Waals surface area contributed by atoms with E-state index in [2.05, 4.69) is 5.32 Å². The maximum atomic E-state index is 13.3. The molecular weight excluding hydrogens is 364 g/mol. The summed E-state index contributed by atoms with van der Waals surface area (Å²) in [5.41, 5.74) is -0.950. The molecule has 0 aromatic carbocycles. The lowest BCUT2D eigenvalue weighted by molar-refractivity contribution is -0.154. The number of aliphatic hydroxyl groups is 1. The largest absolute Gasteiger partial charge is 0.466 e. The maximum absolute atomic E-state index is 13.3. The second-order valence-corrected chi connectivity index (χ2v) is 7.91. The molecular formula is C20H32N2O6. The van der Waals surface area contributed by atoms with Crippen molar-refractivity contribution in [1.82, 2.24) is 10.2 Å². The summed E-state index contributed by atoms with van der Waals surface area (Å²) in [7, 11) is 0. The van der Waals surface area contributed by atoms with Gasteiger partial charge in [-0.2, -0.15) is 0 Å². The van der Waals surface area contributed by atoms with Gasteiger partial charge in [0.05, 0.1) is 24.5 Å². The first-order chi connectivity index (χ1) is 13.5. The quantitative estimate of drug-likeness (QED) is 0.414. The van der Waals surface area contributed by atoms with Gasteiger partial charge >= 0.3 is 5.97 Å². The summed E-state index contributed by atoms with van der Waals surface area (Å²) >= 11 is 0. The number of aliphatic hydroxyl groups excluding tert-OH is 1. The molecule has 3 aliphatic heterocycles. The van der Waals surface area contributed by atoms with Gasteiger partial charge in [0.25, 0.3) is 0 Å². The van der Waals surface area contributed by atoms with Gasteiger partial charge in [-0.1, -0.05) is 13.3 Å². The monoisotopic (exact) mass is 396 g/mol. The molecule has 3 saturated heterocycles. The van der Waals surface area contributed by atoms with Crippen molar-refractivity contribution in [2.45, 2.75) is 70.1 Å². The fraction of sp³-hybridized carbons (Fsp3) is 0.850. The zero-order valence-corrected chi connectivity index (χ0v) is 16.8. The number of nitrogens with zero attached hydrogens (tertiary/aromatic N) is 1. The predicted octanol–water partition coefficient (Wildman–Crippen LogP) is 0.613. The van der Waals surface area contributed by atoms with E-state index in [9.17, 15) is 14.4 Å². The van der Waals surface area contributed by atoms with Gasteiger partial charge in [0, 0.05) is 19.7 Å². The van der Waals surface area contributed by atoms with Crippen LogP contribution in [0.25, 0.3) is 0 Å². The number of ether oxygens (including phenoxy) is 2. The van der Waals surface area contributed by atoms with Crippen LogP contribution in [0.15, 0.2) is 0 Å². The molecule has 28 heavy (non-hydrogen) atoms. The standard InChI is InChI=1S/C20H32N2O6/c1-3-5-10-21-17(24)16-20-9-8-13(28-20)14(19(26)27-4-2)15(20)18(25)22(16)11-6-7-12-23/h13-16,23H,3-12H2,1-2H3,(H,21,24)/t13-,14+,15+,16-,20+/m1/s1. The van der Waals surface area contributed by atoms with Gasteiger partial charge in [-0.05, 0) is 39.0 Å². The number of hydrogen-bond donors (Lipinski definition) is 2. The van der Waals surface area contributed by atoms with Crippen molar-refractivity contribution in [3.05, 3.63) is 0 Å². The van der Waals surface area contributed by atoms with Crippen LogP contribution in [0.2, 0.25) is 0 Å². The van der Waals surface area contributed by atoms with E-state index < -0.39 is 29.4 Å². The zero-order chi connectivity index (χ0) is 20.3. The third-order valence-corrected chi connectivity index (χ3v) is 6.24. The number of unbranched alkanes of at least 4 members (excludes halogenated alkanes) is 2. The van der Waals surface area contributed by atoms with Crippen molar-refractivity contribution in [3.8, 4) is 0 Å². The molecule has 0 unspecified atom stereocenters.